The van der Waals surface area contributed by atoms with Crippen LogP contribution in [0.25, 0.3) is 0 Å². The highest BCUT2D eigenvalue weighted by Gasteiger charge is 2.06. The topological polar surface area (TPSA) is 74.5 Å². The van der Waals surface area contributed by atoms with Gasteiger partial charge in [0.15, 0.2) is 0 Å². The van der Waals surface area contributed by atoms with Crippen molar-refractivity contribution in [3.05, 3.63) is 47.7 Å². The molecule has 0 fully saturated rings. The molecule has 20 heavy (non-hydrogen) atoms. The third-order valence-corrected chi connectivity index (χ3v) is 2.62. The van der Waals surface area contributed by atoms with Crippen LogP contribution in [0.2, 0.25) is 0 Å². The number of amides is 1. The first-order chi connectivity index (χ1) is 9.58. The number of halogens is 1. The molecule has 1 aromatic heterocycles. The molecule has 0 radical (unpaired) electrons. The fourth-order valence-electron chi connectivity index (χ4n) is 1.71. The van der Waals surface area contributed by atoms with E-state index < -0.39 is 5.82 Å². The Kier molecular flexibility index (Phi) is 4.37. The van der Waals surface area contributed by atoms with E-state index in [1.807, 2.05) is 0 Å². The summed E-state index contributed by atoms with van der Waals surface area (Å²) in [6.07, 6.45) is 0. The van der Waals surface area contributed by atoms with Crippen LogP contribution in [-0.4, -0.2) is 11.0 Å². The average Bonchev–Trinajstić information content (AvgIpc) is 2.87. The predicted octanol–water partition coefficient (Wildman–Crippen LogP) is 2.48. The number of anilines is 2. The van der Waals surface area contributed by atoms with Crippen LogP contribution >= 0.6 is 0 Å². The quantitative estimate of drug-likeness (QED) is 0.785. The van der Waals surface area contributed by atoms with Crippen molar-refractivity contribution in [2.75, 3.05) is 10.6 Å². The Morgan fingerprint density at radius 2 is 2.05 bits per heavy atom. The van der Waals surface area contributed by atoms with Crippen LogP contribution in [-0.2, 0) is 17.9 Å². The zero-order valence-corrected chi connectivity index (χ0v) is 10.9. The normalized spacial score (nSPS) is 10.3. The van der Waals surface area contributed by atoms with Crippen molar-refractivity contribution in [1.82, 2.24) is 0 Å². The first-order valence-corrected chi connectivity index (χ1v) is 6.08. The number of nitrogens with one attached hydrogen (secondary N) is 2. The van der Waals surface area contributed by atoms with Gasteiger partial charge in [-0.05, 0) is 30.3 Å². The molecule has 1 aromatic carbocycles. The predicted molar refractivity (Wildman–Crippen MR) is 72.7 cm³/mol. The van der Waals surface area contributed by atoms with E-state index in [9.17, 15) is 9.18 Å². The molecule has 6 heteroatoms. The van der Waals surface area contributed by atoms with Crippen LogP contribution in [0.5, 0.6) is 0 Å². The van der Waals surface area contributed by atoms with E-state index in [2.05, 4.69) is 10.6 Å². The minimum atomic E-state index is -0.494. The third-order valence-electron chi connectivity index (χ3n) is 2.62. The summed E-state index contributed by atoms with van der Waals surface area (Å²) in [6, 6.07) is 7.78. The highest BCUT2D eigenvalue weighted by molar-refractivity contribution is 5.89. The van der Waals surface area contributed by atoms with Gasteiger partial charge in [-0.25, -0.2) is 4.39 Å². The van der Waals surface area contributed by atoms with Gasteiger partial charge in [-0.3, -0.25) is 4.79 Å². The lowest BCUT2D eigenvalue weighted by Crippen LogP contribution is -2.08. The molecule has 0 bridgehead atoms. The maximum atomic E-state index is 13.5. The SMILES string of the molecule is CC(=O)Nc1cc(NCc2ccc(CO)o2)ccc1F. The van der Waals surface area contributed by atoms with Gasteiger partial charge in [-0.15, -0.1) is 0 Å². The molecule has 0 saturated carbocycles. The van der Waals surface area contributed by atoms with Crippen LogP contribution in [0.3, 0.4) is 0 Å². The highest BCUT2D eigenvalue weighted by atomic mass is 19.1. The van der Waals surface area contributed by atoms with E-state index in [-0.39, 0.29) is 18.2 Å². The van der Waals surface area contributed by atoms with Crippen molar-refractivity contribution in [3.8, 4) is 0 Å². The number of aliphatic hydroxyl groups is 1. The number of carbonyl (C=O) groups is 1. The average molecular weight is 278 g/mol. The summed E-state index contributed by atoms with van der Waals surface area (Å²) in [4.78, 5) is 11.0. The highest BCUT2D eigenvalue weighted by Crippen LogP contribution is 2.20. The number of carbonyl (C=O) groups excluding carboxylic acids is 1. The Morgan fingerprint density at radius 3 is 2.70 bits per heavy atom. The van der Waals surface area contributed by atoms with Crippen molar-refractivity contribution in [2.45, 2.75) is 20.1 Å². The molecule has 0 unspecified atom stereocenters. The van der Waals surface area contributed by atoms with Crippen molar-refractivity contribution >= 4 is 17.3 Å². The van der Waals surface area contributed by atoms with E-state index in [1.165, 1.54) is 19.1 Å². The second-order valence-corrected chi connectivity index (χ2v) is 4.26. The van der Waals surface area contributed by atoms with Gasteiger partial charge < -0.3 is 20.2 Å². The third kappa shape index (κ3) is 3.58. The number of aliphatic hydroxyl groups excluding tert-OH is 1. The van der Waals surface area contributed by atoms with Gasteiger partial charge in [0.25, 0.3) is 0 Å². The number of furan rings is 1. The summed E-state index contributed by atoms with van der Waals surface area (Å²) in [5.41, 5.74) is 0.773. The van der Waals surface area contributed by atoms with Gasteiger partial charge in [-0.1, -0.05) is 0 Å². The Labute approximate surface area is 115 Å². The molecule has 106 valence electrons. The summed E-state index contributed by atoms with van der Waals surface area (Å²) in [5.74, 6) is 0.310. The van der Waals surface area contributed by atoms with Gasteiger partial charge in [0.2, 0.25) is 5.91 Å². The van der Waals surface area contributed by atoms with E-state index in [4.69, 9.17) is 9.52 Å². The smallest absolute Gasteiger partial charge is 0.221 e. The first kappa shape index (κ1) is 14.1. The second kappa shape index (κ2) is 6.21. The van der Waals surface area contributed by atoms with Crippen LogP contribution in [0.1, 0.15) is 18.4 Å². The van der Waals surface area contributed by atoms with E-state index in [0.29, 0.717) is 23.8 Å². The van der Waals surface area contributed by atoms with Crippen molar-refractivity contribution < 1.29 is 18.7 Å². The van der Waals surface area contributed by atoms with Crippen molar-refractivity contribution in [3.63, 3.8) is 0 Å². The maximum Gasteiger partial charge on any atom is 0.221 e. The summed E-state index contributed by atoms with van der Waals surface area (Å²) in [7, 11) is 0. The zero-order valence-electron chi connectivity index (χ0n) is 10.9. The fraction of sp³-hybridized carbons (Fsp3) is 0.214. The van der Waals surface area contributed by atoms with Crippen LogP contribution < -0.4 is 10.6 Å². The molecule has 1 heterocycles. The van der Waals surface area contributed by atoms with Crippen LogP contribution in [0.4, 0.5) is 15.8 Å². The lowest BCUT2D eigenvalue weighted by atomic mass is 10.2. The summed E-state index contributed by atoms with van der Waals surface area (Å²) in [5, 5.41) is 14.4. The molecule has 1 amide bonds. The van der Waals surface area contributed by atoms with Crippen LogP contribution in [0.15, 0.2) is 34.7 Å². The lowest BCUT2D eigenvalue weighted by Gasteiger charge is -2.08. The molecule has 0 atom stereocenters. The van der Waals surface area contributed by atoms with Crippen LogP contribution in [0, 0.1) is 5.82 Å². The van der Waals surface area contributed by atoms with Gasteiger partial charge in [0.05, 0.1) is 12.2 Å². The minimum Gasteiger partial charge on any atom is -0.462 e. The minimum absolute atomic E-state index is 0.123. The molecule has 0 aliphatic heterocycles. The molecule has 2 aromatic rings. The standard InChI is InChI=1S/C14H15FN2O3/c1-9(19)17-14-6-10(2-5-13(14)15)16-7-11-3-4-12(8-18)20-11/h2-6,16,18H,7-8H2,1H3,(H,17,19). The molecular formula is C14H15FN2O3. The Balaban J connectivity index is 2.03. The Bertz CT molecular complexity index is 610. The van der Waals surface area contributed by atoms with E-state index in [0.717, 1.165) is 0 Å². The van der Waals surface area contributed by atoms with Crippen molar-refractivity contribution in [1.29, 1.82) is 0 Å². The molecular weight excluding hydrogens is 263 g/mol. The fourth-order valence-corrected chi connectivity index (χ4v) is 1.71. The van der Waals surface area contributed by atoms with Gasteiger partial charge in [0.1, 0.15) is 23.9 Å². The molecule has 0 aliphatic carbocycles. The monoisotopic (exact) mass is 278 g/mol. The molecule has 5 nitrogen and oxygen atoms in total. The van der Waals surface area contributed by atoms with Gasteiger partial charge in [0, 0.05) is 12.6 Å². The Hall–Kier alpha value is -2.34. The van der Waals surface area contributed by atoms with Crippen molar-refractivity contribution in [2.24, 2.45) is 0 Å². The molecule has 3 N–H and O–H groups in total. The molecule has 2 rings (SSSR count). The largest absolute Gasteiger partial charge is 0.462 e. The summed E-state index contributed by atoms with van der Waals surface area (Å²) >= 11 is 0. The maximum absolute atomic E-state index is 13.5. The van der Waals surface area contributed by atoms with Gasteiger partial charge >= 0.3 is 0 Å². The summed E-state index contributed by atoms with van der Waals surface area (Å²) < 4.78 is 18.8. The van der Waals surface area contributed by atoms with E-state index >= 15 is 0 Å². The van der Waals surface area contributed by atoms with Gasteiger partial charge in [-0.2, -0.15) is 0 Å². The summed E-state index contributed by atoms with van der Waals surface area (Å²) in [6.45, 7) is 1.56. The molecule has 0 saturated heterocycles. The number of hydrogen-bond donors (Lipinski definition) is 3. The molecule has 0 spiro atoms. The zero-order chi connectivity index (χ0) is 14.5. The second-order valence-electron chi connectivity index (χ2n) is 4.26. The number of benzene rings is 1. The Morgan fingerprint density at radius 1 is 1.30 bits per heavy atom. The first-order valence-electron chi connectivity index (χ1n) is 6.08. The number of rotatable bonds is 5. The number of hydrogen-bond acceptors (Lipinski definition) is 4. The van der Waals surface area contributed by atoms with E-state index in [1.54, 1.807) is 18.2 Å². The molecule has 0 aliphatic rings. The lowest BCUT2D eigenvalue weighted by molar-refractivity contribution is -0.114.